The number of urea groups is 1. The number of nitrogens with zero attached hydrogens (tertiary/aromatic N) is 2. The topological polar surface area (TPSA) is 74.6 Å². The molecule has 27 heavy (non-hydrogen) atoms. The van der Waals surface area contributed by atoms with E-state index >= 15 is 0 Å². The molecule has 140 valence electrons. The molecule has 2 amide bonds. The predicted molar refractivity (Wildman–Crippen MR) is 103 cm³/mol. The fourth-order valence-corrected chi connectivity index (χ4v) is 2.93. The van der Waals surface area contributed by atoms with Gasteiger partial charge in [-0.3, -0.25) is 0 Å². The van der Waals surface area contributed by atoms with E-state index in [1.165, 1.54) is 0 Å². The van der Waals surface area contributed by atoms with Crippen molar-refractivity contribution in [1.29, 1.82) is 5.26 Å². The highest BCUT2D eigenvalue weighted by Crippen LogP contribution is 2.23. The van der Waals surface area contributed by atoms with Gasteiger partial charge in [-0.1, -0.05) is 18.2 Å². The largest absolute Gasteiger partial charge is 0.457 e. The van der Waals surface area contributed by atoms with Crippen LogP contribution in [-0.4, -0.2) is 36.7 Å². The molecule has 1 fully saturated rings. The number of nitriles is 1. The van der Waals surface area contributed by atoms with Crippen molar-refractivity contribution in [3.8, 4) is 17.6 Å². The quantitative estimate of drug-likeness (QED) is 0.789. The number of hydrogen-bond acceptors (Lipinski definition) is 4. The van der Waals surface area contributed by atoms with E-state index in [1.807, 2.05) is 42.5 Å². The molecule has 1 aliphatic heterocycles. The van der Waals surface area contributed by atoms with Gasteiger partial charge in [0, 0.05) is 25.4 Å². The molecular weight excluding hydrogens is 342 g/mol. The summed E-state index contributed by atoms with van der Waals surface area (Å²) in [7, 11) is 0. The summed E-state index contributed by atoms with van der Waals surface area (Å²) in [5.74, 6) is 1.45. The first-order valence-corrected chi connectivity index (χ1v) is 9.12. The van der Waals surface area contributed by atoms with E-state index in [4.69, 9.17) is 14.7 Å². The Labute approximate surface area is 159 Å². The third-order valence-corrected chi connectivity index (χ3v) is 4.31. The minimum absolute atomic E-state index is 0.0519. The average molecular weight is 365 g/mol. The maximum atomic E-state index is 12.6. The molecule has 0 bridgehead atoms. The molecule has 1 heterocycles. The molecular formula is C21H23N3O3. The van der Waals surface area contributed by atoms with Crippen molar-refractivity contribution in [2.24, 2.45) is 0 Å². The van der Waals surface area contributed by atoms with Gasteiger partial charge in [0.25, 0.3) is 0 Å². The summed E-state index contributed by atoms with van der Waals surface area (Å²) in [5, 5.41) is 11.7. The lowest BCUT2D eigenvalue weighted by atomic mass is 10.2. The number of hydrogen-bond donors (Lipinski definition) is 1. The third kappa shape index (κ3) is 5.73. The Hall–Kier alpha value is -3.04. The van der Waals surface area contributed by atoms with Gasteiger partial charge in [0.1, 0.15) is 11.5 Å². The molecule has 2 aromatic carbocycles. The zero-order valence-electron chi connectivity index (χ0n) is 15.1. The van der Waals surface area contributed by atoms with Crippen LogP contribution in [0.5, 0.6) is 11.5 Å². The van der Waals surface area contributed by atoms with Crippen molar-refractivity contribution < 1.29 is 14.3 Å². The van der Waals surface area contributed by atoms with Crippen LogP contribution in [-0.2, 0) is 4.74 Å². The number of carbonyl (C=O) groups is 1. The van der Waals surface area contributed by atoms with Gasteiger partial charge in [-0.25, -0.2) is 4.79 Å². The first-order valence-electron chi connectivity index (χ1n) is 9.12. The van der Waals surface area contributed by atoms with Crippen molar-refractivity contribution in [2.45, 2.75) is 25.4 Å². The summed E-state index contributed by atoms with van der Waals surface area (Å²) in [5.41, 5.74) is 0.676. The molecule has 1 atom stereocenters. The Morgan fingerprint density at radius 1 is 1.19 bits per heavy atom. The molecule has 1 N–H and O–H groups in total. The Kier molecular flexibility index (Phi) is 6.66. The number of para-hydroxylation sites is 1. The third-order valence-electron chi connectivity index (χ3n) is 4.31. The van der Waals surface area contributed by atoms with E-state index in [9.17, 15) is 4.79 Å². The molecule has 0 spiro atoms. The van der Waals surface area contributed by atoms with Gasteiger partial charge in [-0.15, -0.1) is 0 Å². The van der Waals surface area contributed by atoms with E-state index in [1.54, 1.807) is 17.0 Å². The zero-order valence-corrected chi connectivity index (χ0v) is 15.1. The van der Waals surface area contributed by atoms with Crippen molar-refractivity contribution in [3.05, 3.63) is 54.6 Å². The van der Waals surface area contributed by atoms with Gasteiger partial charge in [0.2, 0.25) is 0 Å². The standard InChI is InChI=1S/C21H23N3O3/c22-13-5-14-24(16-20-8-4-15-26-20)21(25)23-17-9-11-19(12-10-17)27-18-6-2-1-3-7-18/h1-3,6-7,9-12,20H,4-5,8,14-16H2,(H,23,25). The van der Waals surface area contributed by atoms with Gasteiger partial charge < -0.3 is 19.7 Å². The molecule has 0 aliphatic carbocycles. The summed E-state index contributed by atoms with van der Waals surface area (Å²) in [6, 6.07) is 18.6. The molecule has 0 radical (unpaired) electrons. The van der Waals surface area contributed by atoms with Crippen LogP contribution in [0.25, 0.3) is 0 Å². The average Bonchev–Trinajstić information content (AvgIpc) is 3.20. The minimum Gasteiger partial charge on any atom is -0.457 e. The fourth-order valence-electron chi connectivity index (χ4n) is 2.93. The van der Waals surface area contributed by atoms with Crippen molar-refractivity contribution in [1.82, 2.24) is 4.90 Å². The van der Waals surface area contributed by atoms with Gasteiger partial charge in [-0.05, 0) is 49.2 Å². The molecule has 0 aromatic heterocycles. The second kappa shape index (κ2) is 9.60. The predicted octanol–water partition coefficient (Wildman–Crippen LogP) is 4.41. The maximum absolute atomic E-state index is 12.6. The highest BCUT2D eigenvalue weighted by molar-refractivity contribution is 5.89. The van der Waals surface area contributed by atoms with E-state index < -0.39 is 0 Å². The lowest BCUT2D eigenvalue weighted by Crippen LogP contribution is -2.40. The first kappa shape index (κ1) is 18.7. The van der Waals surface area contributed by atoms with Crippen molar-refractivity contribution >= 4 is 11.7 Å². The second-order valence-electron chi connectivity index (χ2n) is 6.36. The number of nitrogens with one attached hydrogen (secondary N) is 1. The number of benzene rings is 2. The van der Waals surface area contributed by atoms with Gasteiger partial charge in [0.05, 0.1) is 18.6 Å². The van der Waals surface area contributed by atoms with Crippen LogP contribution in [0.4, 0.5) is 10.5 Å². The Bertz CT molecular complexity index is 766. The Morgan fingerprint density at radius 3 is 2.59 bits per heavy atom. The highest BCUT2D eigenvalue weighted by Gasteiger charge is 2.22. The fraction of sp³-hybridized carbons (Fsp3) is 0.333. The summed E-state index contributed by atoms with van der Waals surface area (Å²) < 4.78 is 11.4. The number of rotatable bonds is 7. The zero-order chi connectivity index (χ0) is 18.9. The SMILES string of the molecule is N#CCCN(CC1CCCO1)C(=O)Nc1ccc(Oc2ccccc2)cc1. The normalized spacial score (nSPS) is 15.7. The molecule has 1 unspecified atom stereocenters. The van der Waals surface area contributed by atoms with Crippen LogP contribution >= 0.6 is 0 Å². The molecule has 0 saturated carbocycles. The van der Waals surface area contributed by atoms with Gasteiger partial charge in [-0.2, -0.15) is 5.26 Å². The number of amides is 2. The van der Waals surface area contributed by atoms with Crippen LogP contribution in [0.15, 0.2) is 54.6 Å². The van der Waals surface area contributed by atoms with Gasteiger partial charge in [0.15, 0.2) is 0 Å². The van der Waals surface area contributed by atoms with E-state index in [0.29, 0.717) is 30.9 Å². The molecule has 6 nitrogen and oxygen atoms in total. The van der Waals surface area contributed by atoms with Crippen LogP contribution in [0.3, 0.4) is 0 Å². The smallest absolute Gasteiger partial charge is 0.321 e. The summed E-state index contributed by atoms with van der Waals surface area (Å²) in [6.45, 7) is 1.63. The van der Waals surface area contributed by atoms with Crippen molar-refractivity contribution in [3.63, 3.8) is 0 Å². The Morgan fingerprint density at radius 2 is 1.93 bits per heavy atom. The van der Waals surface area contributed by atoms with Crippen LogP contribution in [0, 0.1) is 11.3 Å². The lowest BCUT2D eigenvalue weighted by Gasteiger charge is -2.25. The first-order chi connectivity index (χ1) is 13.2. The van der Waals surface area contributed by atoms with Crippen LogP contribution in [0.2, 0.25) is 0 Å². The molecule has 6 heteroatoms. The van der Waals surface area contributed by atoms with Crippen molar-refractivity contribution in [2.75, 3.05) is 25.0 Å². The second-order valence-corrected chi connectivity index (χ2v) is 6.36. The number of anilines is 1. The monoisotopic (exact) mass is 365 g/mol. The lowest BCUT2D eigenvalue weighted by molar-refractivity contribution is 0.0841. The molecule has 2 aromatic rings. The number of ether oxygens (including phenoxy) is 2. The molecule has 1 aliphatic rings. The number of carbonyl (C=O) groups excluding carboxylic acids is 1. The van der Waals surface area contributed by atoms with E-state index in [2.05, 4.69) is 11.4 Å². The molecule has 3 rings (SSSR count). The maximum Gasteiger partial charge on any atom is 0.321 e. The Balaban J connectivity index is 1.58. The summed E-state index contributed by atoms with van der Waals surface area (Å²) in [6.07, 6.45) is 2.31. The highest BCUT2D eigenvalue weighted by atomic mass is 16.5. The van der Waals surface area contributed by atoms with Gasteiger partial charge >= 0.3 is 6.03 Å². The summed E-state index contributed by atoms with van der Waals surface area (Å²) in [4.78, 5) is 14.2. The van der Waals surface area contributed by atoms with Crippen LogP contribution < -0.4 is 10.1 Å². The molecule has 1 saturated heterocycles. The van der Waals surface area contributed by atoms with E-state index in [0.717, 1.165) is 25.2 Å². The minimum atomic E-state index is -0.225. The summed E-state index contributed by atoms with van der Waals surface area (Å²) >= 11 is 0. The van der Waals surface area contributed by atoms with Crippen LogP contribution in [0.1, 0.15) is 19.3 Å². The van der Waals surface area contributed by atoms with E-state index in [-0.39, 0.29) is 12.1 Å².